The molecule has 3 N–H and O–H groups in total. The molecule has 5 nitrogen and oxygen atoms in total. The highest BCUT2D eigenvalue weighted by atomic mass is 19.1. The van der Waals surface area contributed by atoms with Gasteiger partial charge in [0.25, 0.3) is 0 Å². The predicted octanol–water partition coefficient (Wildman–Crippen LogP) is 2.63. The number of rotatable bonds is 8. The number of nitrogens with one attached hydrogen (secondary N) is 2. The Morgan fingerprint density at radius 1 is 1.38 bits per heavy atom. The van der Waals surface area contributed by atoms with Gasteiger partial charge in [-0.3, -0.25) is 0 Å². The van der Waals surface area contributed by atoms with E-state index in [1.807, 2.05) is 31.7 Å². The summed E-state index contributed by atoms with van der Waals surface area (Å²) < 4.78 is 14.2. The molecular weight excluding hydrogens is 309 g/mol. The van der Waals surface area contributed by atoms with E-state index in [1.165, 1.54) is 6.07 Å². The fourth-order valence-electron chi connectivity index (χ4n) is 2.96. The van der Waals surface area contributed by atoms with Crippen molar-refractivity contribution in [3.05, 3.63) is 29.6 Å². The number of carbonyl (C=O) groups is 1. The molecule has 24 heavy (non-hydrogen) atoms. The summed E-state index contributed by atoms with van der Waals surface area (Å²) in [5, 5.41) is 15.1. The minimum Gasteiger partial charge on any atom is -0.394 e. The molecule has 0 spiro atoms. The molecule has 1 aromatic carbocycles. The lowest BCUT2D eigenvalue weighted by atomic mass is 9.97. The van der Waals surface area contributed by atoms with Gasteiger partial charge in [-0.15, -0.1) is 0 Å². The molecule has 0 heterocycles. The summed E-state index contributed by atoms with van der Waals surface area (Å²) in [5.41, 5.74) is 0.701. The number of carbonyl (C=O) groups excluding carboxylic acids is 1. The first-order valence-electron chi connectivity index (χ1n) is 8.63. The normalized spacial score (nSPS) is 16.4. The minimum absolute atomic E-state index is 0.0850. The van der Waals surface area contributed by atoms with Gasteiger partial charge in [0, 0.05) is 19.6 Å². The van der Waals surface area contributed by atoms with E-state index in [1.54, 1.807) is 6.07 Å². The molecule has 0 radical (unpaired) electrons. The van der Waals surface area contributed by atoms with Crippen molar-refractivity contribution >= 4 is 11.7 Å². The number of nitrogens with zero attached hydrogens (tertiary/aromatic N) is 1. The Kier molecular flexibility index (Phi) is 6.04. The van der Waals surface area contributed by atoms with Crippen LogP contribution >= 0.6 is 0 Å². The predicted molar refractivity (Wildman–Crippen MR) is 93.5 cm³/mol. The monoisotopic (exact) mass is 337 g/mol. The van der Waals surface area contributed by atoms with E-state index < -0.39 is 5.54 Å². The zero-order valence-corrected chi connectivity index (χ0v) is 14.7. The molecule has 0 saturated heterocycles. The molecular formula is C18H28FN3O2. The molecule has 1 atom stereocenters. The molecule has 1 saturated carbocycles. The van der Waals surface area contributed by atoms with Crippen molar-refractivity contribution in [3.8, 4) is 0 Å². The van der Waals surface area contributed by atoms with Crippen LogP contribution in [0.2, 0.25) is 0 Å². The Hall–Kier alpha value is -1.82. The van der Waals surface area contributed by atoms with Crippen LogP contribution in [0.5, 0.6) is 0 Å². The topological polar surface area (TPSA) is 64.6 Å². The van der Waals surface area contributed by atoms with Gasteiger partial charge in [0.1, 0.15) is 5.82 Å². The minimum atomic E-state index is -0.581. The third-order valence-electron chi connectivity index (χ3n) is 4.78. The van der Waals surface area contributed by atoms with Crippen molar-refractivity contribution in [1.82, 2.24) is 10.6 Å². The molecule has 2 amide bonds. The van der Waals surface area contributed by atoms with E-state index >= 15 is 0 Å². The van der Waals surface area contributed by atoms with Gasteiger partial charge in [-0.05, 0) is 57.2 Å². The molecule has 0 aliphatic heterocycles. The zero-order valence-electron chi connectivity index (χ0n) is 14.7. The Balaban J connectivity index is 1.92. The largest absolute Gasteiger partial charge is 0.394 e. The van der Waals surface area contributed by atoms with Crippen LogP contribution in [-0.4, -0.2) is 36.4 Å². The van der Waals surface area contributed by atoms with E-state index in [0.29, 0.717) is 17.2 Å². The van der Waals surface area contributed by atoms with Crippen LogP contribution < -0.4 is 15.5 Å². The maximum atomic E-state index is 14.2. The van der Waals surface area contributed by atoms with Gasteiger partial charge in [-0.25, -0.2) is 9.18 Å². The number of aliphatic hydroxyl groups is 1. The Bertz CT molecular complexity index is 573. The SMILES string of the molecule is CCN(CC)c1ccc(CNC(=O)NC(C)(CO)C2CC2)cc1F. The molecule has 0 bridgehead atoms. The Morgan fingerprint density at radius 2 is 2.04 bits per heavy atom. The summed E-state index contributed by atoms with van der Waals surface area (Å²) in [6.45, 7) is 7.47. The molecule has 1 aliphatic rings. The first-order chi connectivity index (χ1) is 11.4. The van der Waals surface area contributed by atoms with Gasteiger partial charge in [-0.1, -0.05) is 6.07 Å². The molecule has 1 aromatic rings. The summed E-state index contributed by atoms with van der Waals surface area (Å²) in [6.07, 6.45) is 2.05. The highest BCUT2D eigenvalue weighted by Gasteiger charge is 2.42. The van der Waals surface area contributed by atoms with Gasteiger partial charge in [0.15, 0.2) is 0 Å². The average Bonchev–Trinajstić information content (AvgIpc) is 3.41. The molecule has 1 fully saturated rings. The Labute approximate surface area is 143 Å². The lowest BCUT2D eigenvalue weighted by Crippen LogP contribution is -2.53. The van der Waals surface area contributed by atoms with Crippen LogP contribution in [0, 0.1) is 11.7 Å². The number of halogens is 1. The second kappa shape index (κ2) is 7.83. The lowest BCUT2D eigenvalue weighted by Gasteiger charge is -2.28. The second-order valence-electron chi connectivity index (χ2n) is 6.62. The van der Waals surface area contributed by atoms with Crippen LogP contribution in [0.25, 0.3) is 0 Å². The fourth-order valence-corrected chi connectivity index (χ4v) is 2.96. The lowest BCUT2D eigenvalue weighted by molar-refractivity contribution is 0.155. The van der Waals surface area contributed by atoms with Crippen LogP contribution in [0.3, 0.4) is 0 Å². The first kappa shape index (κ1) is 18.5. The van der Waals surface area contributed by atoms with E-state index in [0.717, 1.165) is 25.9 Å². The summed E-state index contributed by atoms with van der Waals surface area (Å²) in [7, 11) is 0. The van der Waals surface area contributed by atoms with Crippen LogP contribution in [0.15, 0.2) is 18.2 Å². The van der Waals surface area contributed by atoms with Crippen molar-refractivity contribution in [2.45, 2.75) is 45.7 Å². The average molecular weight is 337 g/mol. The maximum absolute atomic E-state index is 14.2. The zero-order chi connectivity index (χ0) is 17.7. The molecule has 6 heteroatoms. The maximum Gasteiger partial charge on any atom is 0.315 e. The Morgan fingerprint density at radius 3 is 2.54 bits per heavy atom. The highest BCUT2D eigenvalue weighted by molar-refractivity contribution is 5.75. The first-order valence-corrected chi connectivity index (χ1v) is 8.63. The number of urea groups is 1. The standard InChI is InChI=1S/C18H28FN3O2/c1-4-22(5-2)16-9-6-13(10-15(16)19)11-20-17(24)21-18(3,12-23)14-7-8-14/h6,9-10,14,23H,4-5,7-8,11-12H2,1-3H3,(H2,20,21,24). The van der Waals surface area contributed by atoms with Gasteiger partial charge in [-0.2, -0.15) is 0 Å². The van der Waals surface area contributed by atoms with E-state index in [-0.39, 0.29) is 25.0 Å². The van der Waals surface area contributed by atoms with E-state index in [2.05, 4.69) is 10.6 Å². The van der Waals surface area contributed by atoms with Crippen LogP contribution in [0.4, 0.5) is 14.9 Å². The van der Waals surface area contributed by atoms with Gasteiger partial charge >= 0.3 is 6.03 Å². The van der Waals surface area contributed by atoms with E-state index in [9.17, 15) is 14.3 Å². The smallest absolute Gasteiger partial charge is 0.315 e. The molecule has 134 valence electrons. The van der Waals surface area contributed by atoms with Crippen molar-refractivity contribution < 1.29 is 14.3 Å². The number of anilines is 1. The summed E-state index contributed by atoms with van der Waals surface area (Å²) >= 11 is 0. The number of hydrogen-bond acceptors (Lipinski definition) is 3. The summed E-state index contributed by atoms with van der Waals surface area (Å²) in [4.78, 5) is 14.0. The summed E-state index contributed by atoms with van der Waals surface area (Å²) in [5.74, 6) is 0.0515. The molecule has 1 aliphatic carbocycles. The quantitative estimate of drug-likeness (QED) is 0.683. The fraction of sp³-hybridized carbons (Fsp3) is 0.611. The van der Waals surface area contributed by atoms with Crippen LogP contribution in [0.1, 0.15) is 39.2 Å². The number of aliphatic hydroxyl groups excluding tert-OH is 1. The molecule has 2 rings (SSSR count). The van der Waals surface area contributed by atoms with Gasteiger partial charge < -0.3 is 20.6 Å². The van der Waals surface area contributed by atoms with Crippen molar-refractivity contribution in [2.24, 2.45) is 5.92 Å². The second-order valence-corrected chi connectivity index (χ2v) is 6.62. The molecule has 0 aromatic heterocycles. The number of hydrogen-bond donors (Lipinski definition) is 3. The summed E-state index contributed by atoms with van der Waals surface area (Å²) in [6, 6.07) is 4.69. The van der Waals surface area contributed by atoms with Gasteiger partial charge in [0.05, 0.1) is 17.8 Å². The third kappa shape index (κ3) is 4.38. The highest BCUT2D eigenvalue weighted by Crippen LogP contribution is 2.39. The van der Waals surface area contributed by atoms with E-state index in [4.69, 9.17) is 0 Å². The van der Waals surface area contributed by atoms with Crippen molar-refractivity contribution in [3.63, 3.8) is 0 Å². The van der Waals surface area contributed by atoms with Crippen molar-refractivity contribution in [1.29, 1.82) is 0 Å². The van der Waals surface area contributed by atoms with Crippen molar-refractivity contribution in [2.75, 3.05) is 24.6 Å². The van der Waals surface area contributed by atoms with Gasteiger partial charge in [0.2, 0.25) is 0 Å². The molecule has 1 unspecified atom stereocenters. The number of amides is 2. The van der Waals surface area contributed by atoms with Crippen LogP contribution in [-0.2, 0) is 6.54 Å². The number of benzene rings is 1. The third-order valence-corrected chi connectivity index (χ3v) is 4.78.